The molecule has 1 rings (SSSR count). The maximum atomic E-state index is 12.7. The number of nitrogens with zero attached hydrogens (tertiary/aromatic N) is 3. The standard InChI is InChI=1S/C10H10F3N3O2S/c11-10(12,13)8-4-1-2-5-9(8)19(17,18)7-3-6-15-16-14/h1-2,4-5H,3,6-7H2. The highest BCUT2D eigenvalue weighted by molar-refractivity contribution is 7.91. The van der Waals surface area contributed by atoms with Crippen LogP contribution in [0.15, 0.2) is 34.3 Å². The number of alkyl halides is 3. The molecule has 1 aromatic carbocycles. The number of halogens is 3. The summed E-state index contributed by atoms with van der Waals surface area (Å²) >= 11 is 0. The summed E-state index contributed by atoms with van der Waals surface area (Å²) in [5.41, 5.74) is 6.84. The highest BCUT2D eigenvalue weighted by Gasteiger charge is 2.36. The molecular weight excluding hydrogens is 283 g/mol. The molecule has 0 amide bonds. The Labute approximate surface area is 107 Å². The number of rotatable bonds is 5. The van der Waals surface area contributed by atoms with Gasteiger partial charge in [-0.3, -0.25) is 0 Å². The minimum absolute atomic E-state index is 0.0292. The Morgan fingerprint density at radius 3 is 2.47 bits per heavy atom. The van der Waals surface area contributed by atoms with E-state index in [9.17, 15) is 21.6 Å². The molecule has 0 atom stereocenters. The van der Waals surface area contributed by atoms with Crippen molar-refractivity contribution >= 4 is 9.84 Å². The van der Waals surface area contributed by atoms with E-state index in [1.54, 1.807) is 0 Å². The van der Waals surface area contributed by atoms with Crippen molar-refractivity contribution in [2.24, 2.45) is 5.11 Å². The topological polar surface area (TPSA) is 82.9 Å². The molecule has 0 saturated heterocycles. The lowest BCUT2D eigenvalue weighted by Gasteiger charge is -2.12. The second-order valence-electron chi connectivity index (χ2n) is 3.62. The number of sulfone groups is 1. The minimum Gasteiger partial charge on any atom is -0.224 e. The predicted octanol–water partition coefficient (Wildman–Crippen LogP) is 3.18. The zero-order valence-electron chi connectivity index (χ0n) is 9.63. The zero-order valence-corrected chi connectivity index (χ0v) is 10.4. The van der Waals surface area contributed by atoms with Gasteiger partial charge in [0.2, 0.25) is 0 Å². The SMILES string of the molecule is [N-]=[N+]=NCCCS(=O)(=O)c1ccccc1C(F)(F)F. The Balaban J connectivity index is 3.05. The largest absolute Gasteiger partial charge is 0.417 e. The lowest BCUT2D eigenvalue weighted by Crippen LogP contribution is -2.15. The Hall–Kier alpha value is -1.73. The first-order valence-electron chi connectivity index (χ1n) is 5.19. The fourth-order valence-electron chi connectivity index (χ4n) is 1.45. The molecule has 5 nitrogen and oxygen atoms in total. The summed E-state index contributed by atoms with van der Waals surface area (Å²) in [4.78, 5) is 1.69. The average Bonchev–Trinajstić information content (AvgIpc) is 2.34. The fraction of sp³-hybridized carbons (Fsp3) is 0.400. The van der Waals surface area contributed by atoms with Gasteiger partial charge in [-0.05, 0) is 24.1 Å². The molecule has 0 aromatic heterocycles. The van der Waals surface area contributed by atoms with Gasteiger partial charge in [-0.25, -0.2) is 8.42 Å². The maximum absolute atomic E-state index is 12.7. The molecule has 1 aromatic rings. The van der Waals surface area contributed by atoms with E-state index in [0.29, 0.717) is 0 Å². The van der Waals surface area contributed by atoms with Crippen LogP contribution < -0.4 is 0 Å². The summed E-state index contributed by atoms with van der Waals surface area (Å²) in [6.45, 7) is -0.0794. The molecule has 0 radical (unpaired) electrons. The number of hydrogen-bond donors (Lipinski definition) is 0. The molecule has 0 aliphatic carbocycles. The number of benzene rings is 1. The van der Waals surface area contributed by atoms with Crippen LogP contribution in [0.2, 0.25) is 0 Å². The van der Waals surface area contributed by atoms with Crippen LogP contribution in [0.5, 0.6) is 0 Å². The molecule has 0 N–H and O–H groups in total. The molecule has 0 aliphatic rings. The fourth-order valence-corrected chi connectivity index (χ4v) is 2.99. The van der Waals surface area contributed by atoms with E-state index >= 15 is 0 Å². The summed E-state index contributed by atoms with van der Waals surface area (Å²) in [6.07, 6.45) is -4.76. The van der Waals surface area contributed by atoms with Crippen molar-refractivity contribution in [3.63, 3.8) is 0 Å². The van der Waals surface area contributed by atoms with Gasteiger partial charge in [0.25, 0.3) is 0 Å². The first-order chi connectivity index (χ1) is 8.79. The molecule has 104 valence electrons. The molecule has 9 heteroatoms. The summed E-state index contributed by atoms with van der Waals surface area (Å²) < 4.78 is 61.7. The van der Waals surface area contributed by atoms with E-state index < -0.39 is 32.2 Å². The first kappa shape index (κ1) is 15.3. The molecule has 0 aliphatic heterocycles. The van der Waals surface area contributed by atoms with E-state index in [-0.39, 0.29) is 13.0 Å². The van der Waals surface area contributed by atoms with Gasteiger partial charge >= 0.3 is 6.18 Å². The third-order valence-electron chi connectivity index (χ3n) is 2.26. The highest BCUT2D eigenvalue weighted by Crippen LogP contribution is 2.34. The van der Waals surface area contributed by atoms with Crippen LogP contribution in [0.4, 0.5) is 13.2 Å². The van der Waals surface area contributed by atoms with E-state index in [0.717, 1.165) is 18.2 Å². The maximum Gasteiger partial charge on any atom is 0.417 e. The van der Waals surface area contributed by atoms with Crippen LogP contribution in [0.3, 0.4) is 0 Å². The third kappa shape index (κ3) is 4.15. The second-order valence-corrected chi connectivity index (χ2v) is 5.70. The highest BCUT2D eigenvalue weighted by atomic mass is 32.2. The molecule has 0 fully saturated rings. The Bertz CT molecular complexity index is 592. The van der Waals surface area contributed by atoms with Gasteiger partial charge in [-0.2, -0.15) is 13.2 Å². The normalized spacial score (nSPS) is 11.9. The van der Waals surface area contributed by atoms with Crippen molar-refractivity contribution in [2.45, 2.75) is 17.5 Å². The minimum atomic E-state index is -4.73. The van der Waals surface area contributed by atoms with Crippen molar-refractivity contribution < 1.29 is 21.6 Å². The molecular formula is C10H10F3N3O2S. The summed E-state index contributed by atoms with van der Waals surface area (Å²) in [6, 6.07) is 4.00. The van der Waals surface area contributed by atoms with Crippen LogP contribution in [0.25, 0.3) is 10.4 Å². The summed E-state index contributed by atoms with van der Waals surface area (Å²) in [7, 11) is -4.06. The molecule has 19 heavy (non-hydrogen) atoms. The van der Waals surface area contributed by atoms with Crippen molar-refractivity contribution in [3.05, 3.63) is 40.3 Å². The lowest BCUT2D eigenvalue weighted by molar-refractivity contribution is -0.139. The van der Waals surface area contributed by atoms with Crippen molar-refractivity contribution in [3.8, 4) is 0 Å². The monoisotopic (exact) mass is 293 g/mol. The van der Waals surface area contributed by atoms with Crippen LogP contribution >= 0.6 is 0 Å². The molecule has 0 heterocycles. The van der Waals surface area contributed by atoms with Crippen LogP contribution in [-0.2, 0) is 16.0 Å². The van der Waals surface area contributed by atoms with E-state index in [1.165, 1.54) is 6.07 Å². The van der Waals surface area contributed by atoms with Gasteiger partial charge in [-0.15, -0.1) is 0 Å². The molecule has 0 unspecified atom stereocenters. The van der Waals surface area contributed by atoms with Crippen LogP contribution in [-0.4, -0.2) is 20.7 Å². The van der Waals surface area contributed by atoms with E-state index in [4.69, 9.17) is 5.53 Å². The van der Waals surface area contributed by atoms with Crippen LogP contribution in [0, 0.1) is 0 Å². The Morgan fingerprint density at radius 2 is 1.89 bits per heavy atom. The molecule has 0 spiro atoms. The average molecular weight is 293 g/mol. The quantitative estimate of drug-likeness (QED) is 0.361. The van der Waals surface area contributed by atoms with E-state index in [2.05, 4.69) is 10.0 Å². The van der Waals surface area contributed by atoms with Gasteiger partial charge in [0, 0.05) is 11.5 Å². The van der Waals surface area contributed by atoms with Gasteiger partial charge in [0.1, 0.15) is 0 Å². The third-order valence-corrected chi connectivity index (χ3v) is 4.11. The number of hydrogen-bond acceptors (Lipinski definition) is 3. The van der Waals surface area contributed by atoms with Gasteiger partial charge in [0.15, 0.2) is 9.84 Å². The smallest absolute Gasteiger partial charge is 0.224 e. The predicted molar refractivity (Wildman–Crippen MR) is 62.1 cm³/mol. The van der Waals surface area contributed by atoms with E-state index in [1.807, 2.05) is 0 Å². The molecule has 0 saturated carbocycles. The van der Waals surface area contributed by atoms with Gasteiger partial charge in [0.05, 0.1) is 16.2 Å². The van der Waals surface area contributed by atoms with Crippen molar-refractivity contribution in [2.75, 3.05) is 12.3 Å². The van der Waals surface area contributed by atoms with Crippen molar-refractivity contribution in [1.29, 1.82) is 0 Å². The van der Waals surface area contributed by atoms with Crippen molar-refractivity contribution in [1.82, 2.24) is 0 Å². The lowest BCUT2D eigenvalue weighted by atomic mass is 10.2. The van der Waals surface area contributed by atoms with Crippen LogP contribution in [0.1, 0.15) is 12.0 Å². The summed E-state index contributed by atoms with van der Waals surface area (Å²) in [5.74, 6) is -0.501. The second kappa shape index (κ2) is 5.94. The Morgan fingerprint density at radius 1 is 1.26 bits per heavy atom. The zero-order chi connectivity index (χ0) is 14.5. The van der Waals surface area contributed by atoms with Gasteiger partial charge < -0.3 is 0 Å². The first-order valence-corrected chi connectivity index (χ1v) is 6.84. The number of azide groups is 1. The molecule has 0 bridgehead atoms. The Kier molecular flexibility index (Phi) is 4.79. The van der Waals surface area contributed by atoms with Gasteiger partial charge in [-0.1, -0.05) is 17.2 Å². The summed E-state index contributed by atoms with van der Waals surface area (Å²) in [5, 5.41) is 3.13.